The molecule has 5 heteroatoms. The van der Waals surface area contributed by atoms with E-state index in [1.165, 1.54) is 6.20 Å². The van der Waals surface area contributed by atoms with Crippen molar-refractivity contribution in [3.05, 3.63) is 26.8 Å². The van der Waals surface area contributed by atoms with Crippen LogP contribution in [0.15, 0.2) is 15.5 Å². The van der Waals surface area contributed by atoms with E-state index in [1.54, 1.807) is 0 Å². The van der Waals surface area contributed by atoms with Gasteiger partial charge in [0.05, 0.1) is 4.83 Å². The Morgan fingerprint density at radius 1 is 1.73 bits per heavy atom. The Bertz CT molecular complexity index is 308. The molecule has 0 amide bonds. The number of aromatic nitrogens is 2. The molecule has 1 rings (SSSR count). The van der Waals surface area contributed by atoms with Gasteiger partial charge in [-0.2, -0.15) is 0 Å². The zero-order valence-electron chi connectivity index (χ0n) is 5.77. The molecule has 0 saturated carbocycles. The lowest BCUT2D eigenvalue weighted by atomic mass is 10.4. The van der Waals surface area contributed by atoms with Crippen LogP contribution in [0.2, 0.25) is 0 Å². The van der Waals surface area contributed by atoms with Crippen LogP contribution < -0.4 is 5.56 Å². The molecule has 3 nitrogen and oxygen atoms in total. The monoisotopic (exact) mass is 280 g/mol. The highest BCUT2D eigenvalue weighted by Crippen LogP contribution is 2.15. The first kappa shape index (κ1) is 8.93. The van der Waals surface area contributed by atoms with Gasteiger partial charge in [0.2, 0.25) is 0 Å². The maximum atomic E-state index is 11.0. The van der Waals surface area contributed by atoms with Gasteiger partial charge in [-0.1, -0.05) is 15.9 Å². The molecule has 1 atom stereocenters. The summed E-state index contributed by atoms with van der Waals surface area (Å²) in [6.45, 7) is 1.90. The SMILES string of the molecule is CC(Br)c1ncc(Br)c(=O)[nH]1. The number of H-pyrrole nitrogens is 1. The highest BCUT2D eigenvalue weighted by Gasteiger charge is 2.03. The predicted molar refractivity (Wildman–Crippen MR) is 49.9 cm³/mol. The number of halogens is 2. The summed E-state index contributed by atoms with van der Waals surface area (Å²) >= 11 is 6.35. The molecule has 1 heterocycles. The van der Waals surface area contributed by atoms with Gasteiger partial charge >= 0.3 is 0 Å². The standard InChI is InChI=1S/C6H6Br2N2O/c1-3(7)5-9-2-4(8)6(11)10-5/h2-3H,1H3,(H,9,10,11). The summed E-state index contributed by atoms with van der Waals surface area (Å²) in [5, 5.41) is 0. The number of rotatable bonds is 1. The fourth-order valence-electron chi connectivity index (χ4n) is 0.595. The van der Waals surface area contributed by atoms with Gasteiger partial charge in [-0.3, -0.25) is 4.79 Å². The number of hydrogen-bond donors (Lipinski definition) is 1. The van der Waals surface area contributed by atoms with Crippen LogP contribution in [0.5, 0.6) is 0 Å². The van der Waals surface area contributed by atoms with Crippen molar-refractivity contribution >= 4 is 31.9 Å². The average molecular weight is 282 g/mol. The van der Waals surface area contributed by atoms with Gasteiger partial charge in [0.1, 0.15) is 10.3 Å². The summed E-state index contributed by atoms with van der Waals surface area (Å²) < 4.78 is 0.453. The summed E-state index contributed by atoms with van der Waals surface area (Å²) in [5.41, 5.74) is -0.152. The summed E-state index contributed by atoms with van der Waals surface area (Å²) in [5.74, 6) is 0.637. The van der Waals surface area contributed by atoms with Crippen molar-refractivity contribution in [2.45, 2.75) is 11.8 Å². The van der Waals surface area contributed by atoms with Gasteiger partial charge in [-0.05, 0) is 22.9 Å². The van der Waals surface area contributed by atoms with Gasteiger partial charge in [-0.25, -0.2) is 4.98 Å². The smallest absolute Gasteiger partial charge is 0.265 e. The molecule has 0 aliphatic heterocycles. The molecule has 60 valence electrons. The highest BCUT2D eigenvalue weighted by molar-refractivity contribution is 9.10. The predicted octanol–water partition coefficient (Wildman–Crippen LogP) is 1.99. The first-order valence-corrected chi connectivity index (χ1v) is 4.71. The second-order valence-corrected chi connectivity index (χ2v) is 4.29. The van der Waals surface area contributed by atoms with E-state index in [0.29, 0.717) is 10.3 Å². The van der Waals surface area contributed by atoms with Crippen LogP contribution in [0, 0.1) is 0 Å². The summed E-state index contributed by atoms with van der Waals surface area (Å²) in [6.07, 6.45) is 1.49. The Morgan fingerprint density at radius 3 is 2.82 bits per heavy atom. The van der Waals surface area contributed by atoms with E-state index in [0.717, 1.165) is 0 Å². The highest BCUT2D eigenvalue weighted by atomic mass is 79.9. The second kappa shape index (κ2) is 3.49. The molecule has 1 unspecified atom stereocenters. The third-order valence-electron chi connectivity index (χ3n) is 1.15. The maximum Gasteiger partial charge on any atom is 0.265 e. The maximum absolute atomic E-state index is 11.0. The minimum absolute atomic E-state index is 0.0725. The fourth-order valence-corrected chi connectivity index (χ4v) is 1.03. The fraction of sp³-hybridized carbons (Fsp3) is 0.333. The quantitative estimate of drug-likeness (QED) is 0.800. The second-order valence-electron chi connectivity index (χ2n) is 2.06. The van der Waals surface area contributed by atoms with E-state index >= 15 is 0 Å². The first-order chi connectivity index (χ1) is 5.11. The molecule has 0 fully saturated rings. The molecule has 1 N–H and O–H groups in total. The number of alkyl halides is 1. The molecule has 1 aromatic rings. The van der Waals surface area contributed by atoms with Gasteiger partial charge < -0.3 is 4.98 Å². The van der Waals surface area contributed by atoms with Crippen molar-refractivity contribution in [2.75, 3.05) is 0 Å². The van der Waals surface area contributed by atoms with Crippen molar-refractivity contribution in [3.63, 3.8) is 0 Å². The van der Waals surface area contributed by atoms with Crippen molar-refractivity contribution in [2.24, 2.45) is 0 Å². The lowest BCUT2D eigenvalue weighted by molar-refractivity contribution is 0.906. The molecule has 0 saturated heterocycles. The van der Waals surface area contributed by atoms with E-state index in [4.69, 9.17) is 0 Å². The zero-order chi connectivity index (χ0) is 8.43. The van der Waals surface area contributed by atoms with Gasteiger partial charge in [0.25, 0.3) is 5.56 Å². The Morgan fingerprint density at radius 2 is 2.36 bits per heavy atom. The minimum Gasteiger partial charge on any atom is -0.309 e. The summed E-state index contributed by atoms with van der Waals surface area (Å²) in [4.78, 5) is 17.7. The molecule has 1 aromatic heterocycles. The zero-order valence-corrected chi connectivity index (χ0v) is 8.94. The van der Waals surface area contributed by atoms with Crippen LogP contribution in [0.3, 0.4) is 0 Å². The number of hydrogen-bond acceptors (Lipinski definition) is 2. The lowest BCUT2D eigenvalue weighted by Gasteiger charge is -2.00. The molecule has 0 spiro atoms. The van der Waals surface area contributed by atoms with Crippen molar-refractivity contribution in [3.8, 4) is 0 Å². The topological polar surface area (TPSA) is 45.8 Å². The van der Waals surface area contributed by atoms with Gasteiger partial charge in [-0.15, -0.1) is 0 Å². The summed E-state index contributed by atoms with van der Waals surface area (Å²) in [7, 11) is 0. The average Bonchev–Trinajstić information content (AvgIpc) is 1.94. The number of nitrogens with one attached hydrogen (secondary N) is 1. The number of aromatic amines is 1. The molecule has 0 radical (unpaired) electrons. The lowest BCUT2D eigenvalue weighted by Crippen LogP contribution is -2.11. The molecular weight excluding hydrogens is 276 g/mol. The first-order valence-electron chi connectivity index (χ1n) is 3.00. The van der Waals surface area contributed by atoms with Gasteiger partial charge in [0, 0.05) is 6.20 Å². The van der Waals surface area contributed by atoms with E-state index in [-0.39, 0.29) is 10.4 Å². The molecule has 0 bridgehead atoms. The normalized spacial score (nSPS) is 13.0. The Kier molecular flexibility index (Phi) is 2.84. The van der Waals surface area contributed by atoms with E-state index in [1.807, 2.05) is 6.92 Å². The van der Waals surface area contributed by atoms with Crippen LogP contribution in [0.4, 0.5) is 0 Å². The Balaban J connectivity index is 3.16. The molecule has 0 aromatic carbocycles. The summed E-state index contributed by atoms with van der Waals surface area (Å²) in [6, 6.07) is 0. The van der Waals surface area contributed by atoms with E-state index < -0.39 is 0 Å². The molecule has 0 aliphatic carbocycles. The van der Waals surface area contributed by atoms with Crippen LogP contribution >= 0.6 is 31.9 Å². The van der Waals surface area contributed by atoms with Crippen LogP contribution in [-0.2, 0) is 0 Å². The van der Waals surface area contributed by atoms with Crippen LogP contribution in [0.1, 0.15) is 17.6 Å². The van der Waals surface area contributed by atoms with Crippen LogP contribution in [0.25, 0.3) is 0 Å². The number of nitrogens with zero attached hydrogens (tertiary/aromatic N) is 1. The van der Waals surface area contributed by atoms with Crippen molar-refractivity contribution < 1.29 is 0 Å². The Hall–Kier alpha value is -0.160. The largest absolute Gasteiger partial charge is 0.309 e. The third kappa shape index (κ3) is 2.13. The molecule has 0 aliphatic rings. The van der Waals surface area contributed by atoms with Crippen molar-refractivity contribution in [1.29, 1.82) is 0 Å². The minimum atomic E-state index is -0.152. The molecule has 11 heavy (non-hydrogen) atoms. The third-order valence-corrected chi connectivity index (χ3v) is 2.15. The van der Waals surface area contributed by atoms with E-state index in [2.05, 4.69) is 41.8 Å². The van der Waals surface area contributed by atoms with Crippen LogP contribution in [-0.4, -0.2) is 9.97 Å². The van der Waals surface area contributed by atoms with Gasteiger partial charge in [0.15, 0.2) is 0 Å². The molecular formula is C6H6Br2N2O. The van der Waals surface area contributed by atoms with Crippen molar-refractivity contribution in [1.82, 2.24) is 9.97 Å². The Labute approximate surface area is 80.5 Å². The van der Waals surface area contributed by atoms with E-state index in [9.17, 15) is 4.79 Å².